The maximum absolute atomic E-state index is 12.5. The van der Waals surface area contributed by atoms with Gasteiger partial charge >= 0.3 is 0 Å². The molecule has 10 heteroatoms. The molecule has 0 aliphatic rings. The molecule has 0 aliphatic heterocycles. The van der Waals surface area contributed by atoms with Gasteiger partial charge in [-0.15, -0.1) is 0 Å². The summed E-state index contributed by atoms with van der Waals surface area (Å²) < 4.78 is 36.2. The van der Waals surface area contributed by atoms with E-state index >= 15 is 0 Å². The number of hydrogen-bond acceptors (Lipinski definition) is 7. The number of carbonyl (C=O) groups is 1. The van der Waals surface area contributed by atoms with Gasteiger partial charge in [-0.25, -0.2) is 13.8 Å². The van der Waals surface area contributed by atoms with Gasteiger partial charge in [0.25, 0.3) is 5.91 Å². The lowest BCUT2D eigenvalue weighted by molar-refractivity contribution is -0.121. The highest BCUT2D eigenvalue weighted by Crippen LogP contribution is 2.24. The standard InChI is InChI=1S/C21H24N4O5S/c1-4-29-19-11-7-18(8-12-19)25(31(3,27)28)16(2)21(26)24-23-15-17-5-9-20(10-6-17)30-14-13-22/h5-12,15-16H,4,14H2,1-3H3,(H,24,26)/b23-15-/t16-/m1/s1. The number of benzene rings is 2. The molecule has 0 saturated heterocycles. The van der Waals surface area contributed by atoms with Gasteiger partial charge in [-0.3, -0.25) is 9.10 Å². The number of nitrogens with zero attached hydrogens (tertiary/aromatic N) is 3. The fourth-order valence-electron chi connectivity index (χ4n) is 2.69. The molecule has 0 saturated carbocycles. The van der Waals surface area contributed by atoms with E-state index in [2.05, 4.69) is 10.5 Å². The van der Waals surface area contributed by atoms with Crippen molar-refractivity contribution in [3.05, 3.63) is 54.1 Å². The maximum atomic E-state index is 12.5. The molecule has 2 aromatic carbocycles. The van der Waals surface area contributed by atoms with Gasteiger partial charge < -0.3 is 9.47 Å². The molecule has 2 aromatic rings. The van der Waals surface area contributed by atoms with E-state index in [-0.39, 0.29) is 6.61 Å². The summed E-state index contributed by atoms with van der Waals surface area (Å²) >= 11 is 0. The zero-order valence-electron chi connectivity index (χ0n) is 17.5. The van der Waals surface area contributed by atoms with E-state index in [4.69, 9.17) is 14.7 Å². The molecule has 164 valence electrons. The van der Waals surface area contributed by atoms with Crippen LogP contribution in [-0.2, 0) is 14.8 Å². The van der Waals surface area contributed by atoms with Crippen LogP contribution in [0.4, 0.5) is 5.69 Å². The highest BCUT2D eigenvalue weighted by Gasteiger charge is 2.29. The van der Waals surface area contributed by atoms with Crippen LogP contribution < -0.4 is 19.2 Å². The predicted octanol–water partition coefficient (Wildman–Crippen LogP) is 2.29. The van der Waals surface area contributed by atoms with Gasteiger partial charge in [0.1, 0.15) is 23.6 Å². The van der Waals surface area contributed by atoms with Crippen molar-refractivity contribution in [3.63, 3.8) is 0 Å². The summed E-state index contributed by atoms with van der Waals surface area (Å²) in [5, 5.41) is 12.4. The fourth-order valence-corrected chi connectivity index (χ4v) is 3.87. The van der Waals surface area contributed by atoms with Gasteiger partial charge in [0.2, 0.25) is 10.0 Å². The summed E-state index contributed by atoms with van der Waals surface area (Å²) in [4.78, 5) is 12.5. The van der Waals surface area contributed by atoms with E-state index in [1.54, 1.807) is 48.5 Å². The Balaban J connectivity index is 2.07. The molecule has 2 rings (SSSR count). The monoisotopic (exact) mass is 444 g/mol. The molecule has 0 fully saturated rings. The highest BCUT2D eigenvalue weighted by atomic mass is 32.2. The Morgan fingerprint density at radius 3 is 2.29 bits per heavy atom. The third-order valence-electron chi connectivity index (χ3n) is 4.06. The minimum Gasteiger partial charge on any atom is -0.494 e. The number of anilines is 1. The molecule has 0 radical (unpaired) electrons. The molecule has 31 heavy (non-hydrogen) atoms. The second-order valence-corrected chi connectivity index (χ2v) is 8.27. The number of amides is 1. The molecule has 1 atom stereocenters. The zero-order chi connectivity index (χ0) is 22.9. The summed E-state index contributed by atoms with van der Waals surface area (Å²) in [7, 11) is -3.73. The molecule has 0 spiro atoms. The first-order valence-electron chi connectivity index (χ1n) is 9.41. The Morgan fingerprint density at radius 1 is 1.16 bits per heavy atom. The Bertz CT molecular complexity index is 1040. The lowest BCUT2D eigenvalue weighted by Crippen LogP contribution is -2.46. The Morgan fingerprint density at radius 2 is 1.74 bits per heavy atom. The zero-order valence-corrected chi connectivity index (χ0v) is 18.3. The Kier molecular flexibility index (Phi) is 8.40. The summed E-state index contributed by atoms with van der Waals surface area (Å²) in [5.74, 6) is 0.547. The first kappa shape index (κ1) is 23.7. The van der Waals surface area contributed by atoms with Crippen molar-refractivity contribution >= 4 is 27.8 Å². The molecule has 9 nitrogen and oxygen atoms in total. The van der Waals surface area contributed by atoms with Crippen molar-refractivity contribution < 1.29 is 22.7 Å². The molecule has 1 amide bonds. The first-order valence-corrected chi connectivity index (χ1v) is 11.3. The largest absolute Gasteiger partial charge is 0.494 e. The number of nitriles is 1. The molecule has 0 aromatic heterocycles. The molecular weight excluding hydrogens is 420 g/mol. The topological polar surface area (TPSA) is 121 Å². The smallest absolute Gasteiger partial charge is 0.263 e. The fraction of sp³-hybridized carbons (Fsp3) is 0.286. The summed E-state index contributed by atoms with van der Waals surface area (Å²) in [6.45, 7) is 3.76. The van der Waals surface area contributed by atoms with Crippen LogP contribution >= 0.6 is 0 Å². The second-order valence-electron chi connectivity index (χ2n) is 6.41. The van der Waals surface area contributed by atoms with Crippen molar-refractivity contribution in [1.29, 1.82) is 5.26 Å². The average molecular weight is 445 g/mol. The average Bonchev–Trinajstić information content (AvgIpc) is 2.73. The number of nitrogens with one attached hydrogen (secondary N) is 1. The normalized spacial score (nSPS) is 12.1. The highest BCUT2D eigenvalue weighted by molar-refractivity contribution is 7.92. The molecule has 0 unspecified atom stereocenters. The van der Waals surface area contributed by atoms with Crippen LogP contribution in [0.3, 0.4) is 0 Å². The second kappa shape index (κ2) is 11.0. The third-order valence-corrected chi connectivity index (χ3v) is 5.30. The van der Waals surface area contributed by atoms with Gasteiger partial charge in [-0.2, -0.15) is 10.4 Å². The van der Waals surface area contributed by atoms with Crippen LogP contribution in [0, 0.1) is 11.3 Å². The summed E-state index contributed by atoms with van der Waals surface area (Å²) in [5.41, 5.74) is 3.38. The van der Waals surface area contributed by atoms with Crippen LogP contribution in [0.2, 0.25) is 0 Å². The third kappa shape index (κ3) is 7.01. The van der Waals surface area contributed by atoms with Gasteiger partial charge in [0, 0.05) is 0 Å². The Hall–Kier alpha value is -3.58. The molecule has 0 bridgehead atoms. The van der Waals surface area contributed by atoms with Gasteiger partial charge in [-0.05, 0) is 67.9 Å². The van der Waals surface area contributed by atoms with Crippen LogP contribution in [0.1, 0.15) is 19.4 Å². The Labute approximate surface area is 181 Å². The van der Waals surface area contributed by atoms with E-state index < -0.39 is 22.0 Å². The predicted molar refractivity (Wildman–Crippen MR) is 118 cm³/mol. The van der Waals surface area contributed by atoms with Crippen LogP contribution in [0.25, 0.3) is 0 Å². The number of rotatable bonds is 10. The number of carbonyl (C=O) groups excluding carboxylic acids is 1. The van der Waals surface area contributed by atoms with Crippen molar-refractivity contribution in [1.82, 2.24) is 5.43 Å². The number of hydrazone groups is 1. The van der Waals surface area contributed by atoms with Crippen LogP contribution in [-0.4, -0.2) is 46.1 Å². The molecule has 0 heterocycles. The quantitative estimate of drug-likeness (QED) is 0.443. The van der Waals surface area contributed by atoms with E-state index in [0.29, 0.717) is 29.4 Å². The van der Waals surface area contributed by atoms with Crippen LogP contribution in [0.15, 0.2) is 53.6 Å². The van der Waals surface area contributed by atoms with Crippen molar-refractivity contribution in [3.8, 4) is 17.6 Å². The minimum atomic E-state index is -3.73. The number of hydrogen-bond donors (Lipinski definition) is 1. The van der Waals surface area contributed by atoms with E-state index in [1.807, 2.05) is 13.0 Å². The van der Waals surface area contributed by atoms with Gasteiger partial charge in [0.15, 0.2) is 6.61 Å². The maximum Gasteiger partial charge on any atom is 0.263 e. The summed E-state index contributed by atoms with van der Waals surface area (Å²) in [6, 6.07) is 14.0. The van der Waals surface area contributed by atoms with Crippen LogP contribution in [0.5, 0.6) is 11.5 Å². The lowest BCUT2D eigenvalue weighted by Gasteiger charge is -2.27. The van der Waals surface area contributed by atoms with Crippen molar-refractivity contribution in [2.75, 3.05) is 23.8 Å². The SMILES string of the molecule is CCOc1ccc(N([C@H](C)C(=O)N/N=C\c2ccc(OCC#N)cc2)S(C)(=O)=O)cc1. The van der Waals surface area contributed by atoms with Crippen molar-refractivity contribution in [2.45, 2.75) is 19.9 Å². The first-order chi connectivity index (χ1) is 14.8. The van der Waals surface area contributed by atoms with Gasteiger partial charge in [0.05, 0.1) is 24.8 Å². The molecular formula is C21H24N4O5S. The van der Waals surface area contributed by atoms with E-state index in [0.717, 1.165) is 10.6 Å². The summed E-state index contributed by atoms with van der Waals surface area (Å²) in [6.07, 6.45) is 2.45. The molecule has 0 aliphatic carbocycles. The van der Waals surface area contributed by atoms with Crippen molar-refractivity contribution in [2.24, 2.45) is 5.10 Å². The number of sulfonamides is 1. The van der Waals surface area contributed by atoms with Gasteiger partial charge in [-0.1, -0.05) is 0 Å². The lowest BCUT2D eigenvalue weighted by atomic mass is 10.2. The van der Waals surface area contributed by atoms with E-state index in [9.17, 15) is 13.2 Å². The minimum absolute atomic E-state index is 0.0490. The van der Waals surface area contributed by atoms with E-state index in [1.165, 1.54) is 13.1 Å². The number of ether oxygens (including phenoxy) is 2. The molecule has 1 N–H and O–H groups in total.